The summed E-state index contributed by atoms with van der Waals surface area (Å²) >= 11 is 0. The van der Waals surface area contributed by atoms with Gasteiger partial charge in [0.05, 0.1) is 11.0 Å². The van der Waals surface area contributed by atoms with Crippen LogP contribution in [-0.4, -0.2) is 21.4 Å². The van der Waals surface area contributed by atoms with Gasteiger partial charge in [-0.2, -0.15) is 0 Å². The summed E-state index contributed by atoms with van der Waals surface area (Å²) in [4.78, 5) is 28.3. The number of ketones is 1. The molecule has 0 radical (unpaired) electrons. The van der Waals surface area contributed by atoms with Gasteiger partial charge in [0, 0.05) is 12.1 Å². The quantitative estimate of drug-likeness (QED) is 0.636. The van der Waals surface area contributed by atoms with Gasteiger partial charge in [-0.15, -0.1) is 0 Å². The average molecular weight is 335 g/mol. The number of nitrogens with zero attached hydrogens (tertiary/aromatic N) is 2. The Kier molecular flexibility index (Phi) is 4.30. The van der Waals surface area contributed by atoms with Crippen molar-refractivity contribution in [3.8, 4) is 0 Å². The molecular weight excluding hydrogens is 318 g/mol. The molecule has 1 heterocycles. The van der Waals surface area contributed by atoms with Gasteiger partial charge in [0.1, 0.15) is 0 Å². The van der Waals surface area contributed by atoms with E-state index in [0.717, 1.165) is 10.1 Å². The van der Waals surface area contributed by atoms with Crippen LogP contribution >= 0.6 is 0 Å². The molecule has 0 bridgehead atoms. The highest BCUT2D eigenvalue weighted by molar-refractivity contribution is 5.98. The number of rotatable bonds is 3. The molecule has 0 aliphatic carbocycles. The number of benzene rings is 2. The molecule has 3 aromatic rings. The maximum absolute atomic E-state index is 12.6. The number of nitrogens with one attached hydrogen (secondary N) is 2. The smallest absolute Gasteiger partial charge is 0.328 e. The van der Waals surface area contributed by atoms with Crippen molar-refractivity contribution in [2.45, 2.75) is 13.5 Å². The molecule has 0 saturated carbocycles. The van der Waals surface area contributed by atoms with Gasteiger partial charge >= 0.3 is 6.03 Å². The molecule has 2 aromatic carbocycles. The van der Waals surface area contributed by atoms with Crippen molar-refractivity contribution in [3.05, 3.63) is 65.1 Å². The van der Waals surface area contributed by atoms with Crippen LogP contribution in [0.25, 0.3) is 11.0 Å². The van der Waals surface area contributed by atoms with Crippen LogP contribution in [0.1, 0.15) is 22.8 Å². The number of hydrogen-bond acceptors (Lipinski definition) is 5. The summed E-state index contributed by atoms with van der Waals surface area (Å²) in [5.74, 6) is -0.194. The molecule has 126 valence electrons. The molecule has 0 unspecified atom stereocenters. The van der Waals surface area contributed by atoms with E-state index < -0.39 is 6.03 Å². The van der Waals surface area contributed by atoms with Crippen molar-refractivity contribution in [1.29, 1.82) is 5.41 Å². The minimum atomic E-state index is -0.483. The molecule has 0 aliphatic heterocycles. The summed E-state index contributed by atoms with van der Waals surface area (Å²) in [6.45, 7) is 1.77. The first-order valence-electron chi connectivity index (χ1n) is 7.67. The molecular formula is C18H17N5O2. The second kappa shape index (κ2) is 6.56. The van der Waals surface area contributed by atoms with Crippen LogP contribution in [0.2, 0.25) is 0 Å². The predicted molar refractivity (Wildman–Crippen MR) is 94.1 cm³/mol. The Morgan fingerprint density at radius 3 is 2.60 bits per heavy atom. The summed E-state index contributed by atoms with van der Waals surface area (Å²) < 4.78 is 1.16. The molecule has 7 nitrogen and oxygen atoms in total. The molecule has 3 rings (SSSR count). The first-order chi connectivity index (χ1) is 12.0. The van der Waals surface area contributed by atoms with Crippen LogP contribution in [0, 0.1) is 5.41 Å². The van der Waals surface area contributed by atoms with Crippen LogP contribution in [0.3, 0.4) is 0 Å². The Labute approximate surface area is 143 Å². The number of hydrogen-bond donors (Lipinski definition) is 3. The number of carbonyl (C=O) groups excluding carboxylic acids is 2. The van der Waals surface area contributed by atoms with E-state index in [2.05, 4.69) is 10.3 Å². The van der Waals surface area contributed by atoms with E-state index in [0.29, 0.717) is 23.1 Å². The van der Waals surface area contributed by atoms with Crippen LogP contribution in [0.4, 0.5) is 10.6 Å². The molecule has 0 atom stereocenters. The third-order valence-electron chi connectivity index (χ3n) is 3.82. The van der Waals surface area contributed by atoms with E-state index >= 15 is 0 Å². The van der Waals surface area contributed by atoms with Crippen molar-refractivity contribution in [3.63, 3.8) is 0 Å². The second-order valence-corrected chi connectivity index (χ2v) is 5.59. The minimum Gasteiger partial charge on any atom is -0.381 e. The normalized spacial score (nSPS) is 10.6. The van der Waals surface area contributed by atoms with Crippen LogP contribution < -0.4 is 16.5 Å². The molecule has 1 amide bonds. The van der Waals surface area contributed by atoms with Gasteiger partial charge in [-0.05, 0) is 30.7 Å². The predicted octanol–water partition coefficient (Wildman–Crippen LogP) is 2.06. The largest absolute Gasteiger partial charge is 0.381 e. The van der Waals surface area contributed by atoms with Gasteiger partial charge < -0.3 is 11.1 Å². The second-order valence-electron chi connectivity index (χ2n) is 5.59. The fourth-order valence-corrected chi connectivity index (χ4v) is 2.50. The Balaban J connectivity index is 2.02. The lowest BCUT2D eigenvalue weighted by Crippen LogP contribution is -2.37. The molecule has 4 N–H and O–H groups in total. The number of nitrogen functional groups attached to an aromatic ring is 1. The molecule has 25 heavy (non-hydrogen) atoms. The fourth-order valence-electron chi connectivity index (χ4n) is 2.50. The van der Waals surface area contributed by atoms with Gasteiger partial charge in [0.15, 0.2) is 17.1 Å². The Morgan fingerprint density at radius 1 is 1.20 bits per heavy atom. The minimum absolute atomic E-state index is 0.0805. The van der Waals surface area contributed by atoms with Gasteiger partial charge in [-0.3, -0.25) is 10.2 Å². The number of nitrogens with two attached hydrogens (primary N) is 1. The molecule has 0 saturated heterocycles. The van der Waals surface area contributed by atoms with Gasteiger partial charge in [-0.25, -0.2) is 14.3 Å². The zero-order valence-electron chi connectivity index (χ0n) is 13.6. The first-order valence-corrected chi connectivity index (χ1v) is 7.67. The van der Waals surface area contributed by atoms with Gasteiger partial charge in [0.2, 0.25) is 0 Å². The van der Waals surface area contributed by atoms with Crippen LogP contribution in [0.15, 0.2) is 48.5 Å². The van der Waals surface area contributed by atoms with E-state index in [4.69, 9.17) is 11.1 Å². The molecule has 1 aromatic heterocycles. The number of anilines is 1. The highest BCUT2D eigenvalue weighted by Crippen LogP contribution is 2.14. The zero-order valence-corrected chi connectivity index (χ0v) is 13.6. The van der Waals surface area contributed by atoms with Crippen molar-refractivity contribution >= 4 is 28.7 Å². The van der Waals surface area contributed by atoms with Crippen LogP contribution in [0.5, 0.6) is 0 Å². The highest BCUT2D eigenvalue weighted by Gasteiger charge is 2.14. The van der Waals surface area contributed by atoms with E-state index in [9.17, 15) is 9.59 Å². The summed E-state index contributed by atoms with van der Waals surface area (Å²) in [6, 6.07) is 13.7. The number of carbonyl (C=O) groups is 2. The van der Waals surface area contributed by atoms with Crippen molar-refractivity contribution < 1.29 is 9.59 Å². The average Bonchev–Trinajstić information content (AvgIpc) is 2.61. The maximum atomic E-state index is 12.6. The van der Waals surface area contributed by atoms with Crippen molar-refractivity contribution in [1.82, 2.24) is 14.9 Å². The van der Waals surface area contributed by atoms with Crippen LogP contribution in [-0.2, 0) is 6.54 Å². The maximum Gasteiger partial charge on any atom is 0.328 e. The molecule has 0 spiro atoms. The topological polar surface area (TPSA) is 114 Å². The molecule has 0 aliphatic rings. The number of Topliss-reactive ketones (excluding diaryl/α,β-unsaturated/α-hetero) is 1. The lowest BCUT2D eigenvalue weighted by atomic mass is 10.1. The summed E-state index contributed by atoms with van der Waals surface area (Å²) in [5, 5.41) is 10.8. The Hall–Kier alpha value is -3.48. The van der Waals surface area contributed by atoms with E-state index in [1.165, 1.54) is 6.92 Å². The lowest BCUT2D eigenvalue weighted by molar-refractivity contribution is 0.101. The zero-order chi connectivity index (χ0) is 18.0. The van der Waals surface area contributed by atoms with Crippen molar-refractivity contribution in [2.24, 2.45) is 0 Å². The van der Waals surface area contributed by atoms with E-state index in [-0.39, 0.29) is 17.1 Å². The molecule has 7 heteroatoms. The standard InChI is InChI=1S/C18H17N5O2/c1-11(24)13-7-8-15-14(9-13)22-16(19)17(20)23(15)18(25)21-10-12-5-3-2-4-6-12/h2-9,20H,10H2,1H3,(H2,19,22)(H,21,25). The number of amides is 1. The highest BCUT2D eigenvalue weighted by atomic mass is 16.2. The molecule has 0 fully saturated rings. The summed E-state index contributed by atoms with van der Waals surface area (Å²) in [6.07, 6.45) is 0. The Morgan fingerprint density at radius 2 is 1.92 bits per heavy atom. The summed E-state index contributed by atoms with van der Waals surface area (Å²) in [7, 11) is 0. The van der Waals surface area contributed by atoms with E-state index in [1.807, 2.05) is 30.3 Å². The lowest BCUT2D eigenvalue weighted by Gasteiger charge is -2.13. The van der Waals surface area contributed by atoms with E-state index in [1.54, 1.807) is 18.2 Å². The number of fused-ring (bicyclic) bond motifs is 1. The third-order valence-corrected chi connectivity index (χ3v) is 3.82. The Bertz CT molecular complexity index is 1020. The van der Waals surface area contributed by atoms with Gasteiger partial charge in [0.25, 0.3) is 0 Å². The SMILES string of the molecule is CC(=O)c1ccc2c(c1)nc(N)c(=N)n2C(=O)NCc1ccccc1. The monoisotopic (exact) mass is 335 g/mol. The third kappa shape index (κ3) is 3.25. The summed E-state index contributed by atoms with van der Waals surface area (Å²) in [5.41, 5.74) is 7.77. The number of aromatic nitrogens is 2. The van der Waals surface area contributed by atoms with Gasteiger partial charge in [-0.1, -0.05) is 30.3 Å². The fraction of sp³-hybridized carbons (Fsp3) is 0.111. The first kappa shape index (κ1) is 16.4. The van der Waals surface area contributed by atoms with Crippen molar-refractivity contribution in [2.75, 3.05) is 5.73 Å².